The molecule has 1 aromatic heterocycles. The van der Waals surface area contributed by atoms with E-state index in [0.29, 0.717) is 4.34 Å². The van der Waals surface area contributed by atoms with Gasteiger partial charge in [0.25, 0.3) is 0 Å². The average molecular weight is 272 g/mol. The van der Waals surface area contributed by atoms with Crippen LogP contribution in [-0.2, 0) is 0 Å². The smallest absolute Gasteiger partial charge is 0.165 e. The van der Waals surface area contributed by atoms with Crippen LogP contribution >= 0.6 is 22.9 Å². The standard InChI is InChI=1S/C12H11ClFNOS/c13-12-6-5-11(17-12)9(15)7-16-10-4-2-1-3-8(10)14/h1-6,9H,7,15H2. The quantitative estimate of drug-likeness (QED) is 0.922. The fraction of sp³-hybridized carbons (Fsp3) is 0.167. The van der Waals surface area contributed by atoms with Gasteiger partial charge in [-0.3, -0.25) is 0 Å². The number of nitrogens with two attached hydrogens (primary N) is 1. The minimum Gasteiger partial charge on any atom is -0.489 e. The first-order valence-corrected chi connectivity index (χ1v) is 6.24. The van der Waals surface area contributed by atoms with Crippen molar-refractivity contribution in [2.24, 2.45) is 5.73 Å². The molecule has 0 aliphatic rings. The summed E-state index contributed by atoms with van der Waals surface area (Å²) in [6.07, 6.45) is 0. The van der Waals surface area contributed by atoms with Crippen molar-refractivity contribution in [2.45, 2.75) is 6.04 Å². The van der Waals surface area contributed by atoms with E-state index >= 15 is 0 Å². The minimum atomic E-state index is -0.385. The molecule has 2 rings (SSSR count). The minimum absolute atomic E-state index is 0.214. The Kier molecular flexibility index (Phi) is 3.99. The van der Waals surface area contributed by atoms with Crippen molar-refractivity contribution >= 4 is 22.9 Å². The van der Waals surface area contributed by atoms with Crippen LogP contribution in [0.15, 0.2) is 36.4 Å². The zero-order valence-electron chi connectivity index (χ0n) is 8.90. The van der Waals surface area contributed by atoms with Crippen LogP contribution in [0, 0.1) is 5.82 Å². The van der Waals surface area contributed by atoms with Gasteiger partial charge in [0.05, 0.1) is 10.4 Å². The number of hydrogen-bond acceptors (Lipinski definition) is 3. The molecule has 1 atom stereocenters. The van der Waals surface area contributed by atoms with E-state index in [9.17, 15) is 4.39 Å². The molecular formula is C12H11ClFNOS. The monoisotopic (exact) mass is 271 g/mol. The van der Waals surface area contributed by atoms with Gasteiger partial charge in [-0.1, -0.05) is 23.7 Å². The highest BCUT2D eigenvalue weighted by molar-refractivity contribution is 7.16. The van der Waals surface area contributed by atoms with E-state index in [1.54, 1.807) is 24.3 Å². The third-order valence-corrected chi connectivity index (χ3v) is 3.58. The summed E-state index contributed by atoms with van der Waals surface area (Å²) in [4.78, 5) is 0.923. The number of hydrogen-bond donors (Lipinski definition) is 1. The predicted molar refractivity (Wildman–Crippen MR) is 68.2 cm³/mol. The topological polar surface area (TPSA) is 35.2 Å². The molecule has 0 aliphatic heterocycles. The molecule has 2 nitrogen and oxygen atoms in total. The number of thiophene rings is 1. The summed E-state index contributed by atoms with van der Waals surface area (Å²) in [5.74, 6) is -0.172. The first-order valence-electron chi connectivity index (χ1n) is 5.05. The summed E-state index contributed by atoms with van der Waals surface area (Å²) in [6, 6.07) is 9.58. The van der Waals surface area contributed by atoms with Gasteiger partial charge in [-0.15, -0.1) is 11.3 Å². The molecule has 1 unspecified atom stereocenters. The fourth-order valence-electron chi connectivity index (χ4n) is 1.35. The maximum absolute atomic E-state index is 13.3. The molecule has 0 radical (unpaired) electrons. The Balaban J connectivity index is 1.97. The number of halogens is 2. The van der Waals surface area contributed by atoms with Crippen molar-refractivity contribution in [3.8, 4) is 5.75 Å². The van der Waals surface area contributed by atoms with E-state index in [2.05, 4.69) is 0 Å². The molecule has 17 heavy (non-hydrogen) atoms. The summed E-state index contributed by atoms with van der Waals surface area (Å²) in [6.45, 7) is 0.220. The molecular weight excluding hydrogens is 261 g/mol. The molecule has 90 valence electrons. The van der Waals surface area contributed by atoms with Crippen molar-refractivity contribution in [1.82, 2.24) is 0 Å². The largest absolute Gasteiger partial charge is 0.489 e. The van der Waals surface area contributed by atoms with Crippen LogP contribution < -0.4 is 10.5 Å². The molecule has 2 aromatic rings. The lowest BCUT2D eigenvalue weighted by molar-refractivity contribution is 0.279. The second kappa shape index (κ2) is 5.49. The third kappa shape index (κ3) is 3.19. The van der Waals surface area contributed by atoms with Crippen molar-refractivity contribution in [2.75, 3.05) is 6.61 Å². The van der Waals surface area contributed by atoms with Gasteiger partial charge in [-0.2, -0.15) is 0 Å². The van der Waals surface area contributed by atoms with E-state index in [1.165, 1.54) is 17.4 Å². The molecule has 0 amide bonds. The Morgan fingerprint density at radius 2 is 2.06 bits per heavy atom. The molecule has 0 bridgehead atoms. The third-order valence-electron chi connectivity index (χ3n) is 2.21. The lowest BCUT2D eigenvalue weighted by Crippen LogP contribution is -2.18. The van der Waals surface area contributed by atoms with Crippen LogP contribution in [0.3, 0.4) is 0 Å². The molecule has 2 N–H and O–H groups in total. The number of rotatable bonds is 4. The first-order chi connectivity index (χ1) is 8.16. The second-order valence-electron chi connectivity index (χ2n) is 3.49. The SMILES string of the molecule is NC(COc1ccccc1F)c1ccc(Cl)s1. The van der Waals surface area contributed by atoms with Crippen LogP contribution in [0.25, 0.3) is 0 Å². The van der Waals surface area contributed by atoms with Gasteiger partial charge in [-0.05, 0) is 24.3 Å². The van der Waals surface area contributed by atoms with Gasteiger partial charge >= 0.3 is 0 Å². The Bertz CT molecular complexity index is 503. The zero-order valence-corrected chi connectivity index (χ0v) is 10.5. The molecule has 1 aromatic carbocycles. The second-order valence-corrected chi connectivity index (χ2v) is 5.24. The lowest BCUT2D eigenvalue weighted by Gasteiger charge is -2.11. The van der Waals surface area contributed by atoms with Crippen molar-refractivity contribution in [3.05, 3.63) is 51.4 Å². The molecule has 5 heteroatoms. The Morgan fingerprint density at radius 3 is 2.71 bits per heavy atom. The Hall–Kier alpha value is -1.10. The van der Waals surface area contributed by atoms with Crippen molar-refractivity contribution < 1.29 is 9.13 Å². The lowest BCUT2D eigenvalue weighted by atomic mass is 10.3. The highest BCUT2D eigenvalue weighted by Gasteiger charge is 2.10. The molecule has 0 fully saturated rings. The van der Waals surface area contributed by atoms with Gasteiger partial charge in [0.1, 0.15) is 6.61 Å². The van der Waals surface area contributed by atoms with Gasteiger partial charge in [0, 0.05) is 4.88 Å². The first kappa shape index (κ1) is 12.4. The van der Waals surface area contributed by atoms with E-state index in [1.807, 2.05) is 6.07 Å². The number of benzene rings is 1. The molecule has 0 saturated heterocycles. The normalized spacial score (nSPS) is 12.4. The molecule has 0 aliphatic carbocycles. The van der Waals surface area contributed by atoms with Gasteiger partial charge in [0.15, 0.2) is 11.6 Å². The molecule has 0 spiro atoms. The Morgan fingerprint density at radius 1 is 1.29 bits per heavy atom. The highest BCUT2D eigenvalue weighted by Crippen LogP contribution is 2.26. The van der Waals surface area contributed by atoms with Crippen molar-refractivity contribution in [1.29, 1.82) is 0 Å². The predicted octanol–water partition coefficient (Wildman–Crippen LogP) is 3.62. The highest BCUT2D eigenvalue weighted by atomic mass is 35.5. The summed E-state index contributed by atoms with van der Waals surface area (Å²) in [5.41, 5.74) is 5.91. The summed E-state index contributed by atoms with van der Waals surface area (Å²) >= 11 is 7.21. The van der Waals surface area contributed by atoms with Gasteiger partial charge < -0.3 is 10.5 Å². The Labute approximate surface area is 108 Å². The molecule has 0 saturated carbocycles. The van der Waals surface area contributed by atoms with Crippen LogP contribution in [0.2, 0.25) is 4.34 Å². The maximum Gasteiger partial charge on any atom is 0.165 e. The fourth-order valence-corrected chi connectivity index (χ4v) is 2.40. The average Bonchev–Trinajstić information content (AvgIpc) is 2.74. The van der Waals surface area contributed by atoms with Crippen molar-refractivity contribution in [3.63, 3.8) is 0 Å². The number of ether oxygens (including phenoxy) is 1. The summed E-state index contributed by atoms with van der Waals surface area (Å²) < 4.78 is 19.3. The maximum atomic E-state index is 13.3. The van der Waals surface area contributed by atoms with Crippen LogP contribution in [0.5, 0.6) is 5.75 Å². The van der Waals surface area contributed by atoms with Crippen LogP contribution in [0.4, 0.5) is 4.39 Å². The van der Waals surface area contributed by atoms with Gasteiger partial charge in [0.2, 0.25) is 0 Å². The van der Waals surface area contributed by atoms with E-state index in [4.69, 9.17) is 22.1 Å². The molecule has 1 heterocycles. The van der Waals surface area contributed by atoms with E-state index in [0.717, 1.165) is 4.88 Å². The summed E-state index contributed by atoms with van der Waals surface area (Å²) in [7, 11) is 0. The van der Waals surface area contributed by atoms with Crippen LogP contribution in [-0.4, -0.2) is 6.61 Å². The van der Waals surface area contributed by atoms with Crippen LogP contribution in [0.1, 0.15) is 10.9 Å². The summed E-state index contributed by atoms with van der Waals surface area (Å²) in [5, 5.41) is 0. The van der Waals surface area contributed by atoms with E-state index in [-0.39, 0.29) is 24.2 Å². The zero-order chi connectivity index (χ0) is 12.3. The van der Waals surface area contributed by atoms with Gasteiger partial charge in [-0.25, -0.2) is 4.39 Å². The van der Waals surface area contributed by atoms with E-state index < -0.39 is 0 Å². The number of para-hydroxylation sites is 1.